The highest BCUT2D eigenvalue weighted by Gasteiger charge is 2.16. The summed E-state index contributed by atoms with van der Waals surface area (Å²) in [6.45, 7) is 1.66. The predicted octanol–water partition coefficient (Wildman–Crippen LogP) is 3.56. The van der Waals surface area contributed by atoms with Crippen molar-refractivity contribution in [3.8, 4) is 11.5 Å². The van der Waals surface area contributed by atoms with E-state index in [9.17, 15) is 9.90 Å². The van der Waals surface area contributed by atoms with Gasteiger partial charge in [0.25, 0.3) is 5.91 Å². The van der Waals surface area contributed by atoms with Crippen LogP contribution in [0.2, 0.25) is 0 Å². The van der Waals surface area contributed by atoms with E-state index < -0.39 is 6.10 Å². The van der Waals surface area contributed by atoms with Gasteiger partial charge in [-0.05, 0) is 47.1 Å². The van der Waals surface area contributed by atoms with Gasteiger partial charge < -0.3 is 15.2 Å². The molecule has 0 bridgehead atoms. The first-order valence-corrected chi connectivity index (χ1v) is 6.86. The van der Waals surface area contributed by atoms with E-state index in [1.165, 1.54) is 12.1 Å². The molecular formula is C15H14BrNO3. The van der Waals surface area contributed by atoms with Crippen LogP contribution in [0.25, 0.3) is 0 Å². The summed E-state index contributed by atoms with van der Waals surface area (Å²) in [7, 11) is 0. The average Bonchev–Trinajstić information content (AvgIpc) is 2.41. The van der Waals surface area contributed by atoms with Crippen molar-refractivity contribution in [2.24, 2.45) is 0 Å². The molecule has 0 saturated heterocycles. The summed E-state index contributed by atoms with van der Waals surface area (Å²) in [5, 5.41) is 12.0. The van der Waals surface area contributed by atoms with Crippen LogP contribution >= 0.6 is 15.9 Å². The fraction of sp³-hybridized carbons (Fsp3) is 0.133. The number of phenolic OH excluding ortho intramolecular Hbond substituents is 1. The van der Waals surface area contributed by atoms with E-state index in [2.05, 4.69) is 21.2 Å². The summed E-state index contributed by atoms with van der Waals surface area (Å²) < 4.78 is 6.38. The molecule has 0 aliphatic heterocycles. The number of para-hydroxylation sites is 1. The van der Waals surface area contributed by atoms with E-state index in [0.29, 0.717) is 11.4 Å². The van der Waals surface area contributed by atoms with Crippen LogP contribution in [-0.4, -0.2) is 17.1 Å². The van der Waals surface area contributed by atoms with Crippen molar-refractivity contribution in [3.63, 3.8) is 0 Å². The van der Waals surface area contributed by atoms with Gasteiger partial charge in [0.05, 0.1) is 4.47 Å². The molecule has 2 N–H and O–H groups in total. The minimum absolute atomic E-state index is 0.0992. The number of nitrogens with one attached hydrogen (secondary N) is 1. The Morgan fingerprint density at radius 2 is 2.00 bits per heavy atom. The van der Waals surface area contributed by atoms with Gasteiger partial charge in [0.1, 0.15) is 11.5 Å². The van der Waals surface area contributed by atoms with Crippen molar-refractivity contribution in [1.82, 2.24) is 0 Å². The quantitative estimate of drug-likeness (QED) is 0.898. The van der Waals surface area contributed by atoms with E-state index in [1.807, 2.05) is 18.2 Å². The van der Waals surface area contributed by atoms with Crippen LogP contribution in [-0.2, 0) is 4.79 Å². The van der Waals surface area contributed by atoms with Crippen LogP contribution in [0.5, 0.6) is 11.5 Å². The van der Waals surface area contributed by atoms with Gasteiger partial charge >= 0.3 is 0 Å². The molecule has 2 aromatic carbocycles. The number of carbonyl (C=O) groups is 1. The van der Waals surface area contributed by atoms with Gasteiger partial charge in [-0.1, -0.05) is 18.2 Å². The molecular weight excluding hydrogens is 322 g/mol. The molecule has 1 amide bonds. The molecule has 20 heavy (non-hydrogen) atoms. The highest BCUT2D eigenvalue weighted by Crippen LogP contribution is 2.25. The Morgan fingerprint density at radius 1 is 1.25 bits per heavy atom. The molecule has 2 rings (SSSR count). The predicted molar refractivity (Wildman–Crippen MR) is 81.0 cm³/mol. The fourth-order valence-corrected chi connectivity index (χ4v) is 1.99. The van der Waals surface area contributed by atoms with Gasteiger partial charge in [-0.2, -0.15) is 0 Å². The number of rotatable bonds is 4. The number of benzene rings is 2. The maximum atomic E-state index is 12.0. The van der Waals surface area contributed by atoms with Crippen molar-refractivity contribution in [2.45, 2.75) is 13.0 Å². The second-order valence-electron chi connectivity index (χ2n) is 4.23. The Balaban J connectivity index is 2.01. The molecule has 0 aromatic heterocycles. The lowest BCUT2D eigenvalue weighted by molar-refractivity contribution is -0.122. The van der Waals surface area contributed by atoms with E-state index >= 15 is 0 Å². The molecule has 0 saturated carbocycles. The van der Waals surface area contributed by atoms with Gasteiger partial charge in [0.2, 0.25) is 0 Å². The van der Waals surface area contributed by atoms with Crippen LogP contribution in [0.4, 0.5) is 5.69 Å². The maximum absolute atomic E-state index is 12.0. The zero-order valence-electron chi connectivity index (χ0n) is 10.8. The number of hydrogen-bond donors (Lipinski definition) is 2. The number of phenols is 1. The summed E-state index contributed by atoms with van der Waals surface area (Å²) in [5.74, 6) is 0.416. The number of anilines is 1. The first-order chi connectivity index (χ1) is 9.56. The molecule has 0 aliphatic rings. The summed E-state index contributed by atoms with van der Waals surface area (Å²) >= 11 is 3.36. The van der Waals surface area contributed by atoms with Gasteiger partial charge in [-0.3, -0.25) is 4.79 Å². The highest BCUT2D eigenvalue weighted by molar-refractivity contribution is 9.10. The Hall–Kier alpha value is -2.01. The first-order valence-electron chi connectivity index (χ1n) is 6.07. The Bertz CT molecular complexity index is 616. The van der Waals surface area contributed by atoms with E-state index in [4.69, 9.17) is 4.74 Å². The van der Waals surface area contributed by atoms with Crippen LogP contribution < -0.4 is 10.1 Å². The smallest absolute Gasteiger partial charge is 0.265 e. The zero-order chi connectivity index (χ0) is 14.5. The number of amides is 1. The number of hydrogen-bond acceptors (Lipinski definition) is 3. The number of carbonyl (C=O) groups excluding carboxylic acids is 1. The molecule has 0 fully saturated rings. The summed E-state index contributed by atoms with van der Waals surface area (Å²) in [5.41, 5.74) is 0.526. The van der Waals surface area contributed by atoms with Crippen LogP contribution in [0.1, 0.15) is 6.92 Å². The molecule has 1 unspecified atom stereocenters. The second kappa shape index (κ2) is 6.43. The second-order valence-corrected chi connectivity index (χ2v) is 5.08. The average molecular weight is 336 g/mol. The molecule has 0 aliphatic carbocycles. The molecule has 1 atom stereocenters. The van der Waals surface area contributed by atoms with E-state index in [-0.39, 0.29) is 11.7 Å². The van der Waals surface area contributed by atoms with Crippen molar-refractivity contribution in [2.75, 3.05) is 5.32 Å². The van der Waals surface area contributed by atoms with E-state index in [0.717, 1.165) is 4.47 Å². The normalized spacial score (nSPS) is 11.7. The molecule has 4 nitrogen and oxygen atoms in total. The minimum Gasteiger partial charge on any atom is -0.508 e. The molecule has 5 heteroatoms. The Labute approximate surface area is 125 Å². The molecule has 104 valence electrons. The standard InChI is InChI=1S/C15H14BrNO3/c1-10(20-14-8-3-2-7-13(14)16)15(19)17-11-5-4-6-12(18)9-11/h2-10,18H,1H3,(H,17,19). The lowest BCUT2D eigenvalue weighted by Gasteiger charge is -2.15. The maximum Gasteiger partial charge on any atom is 0.265 e. The lowest BCUT2D eigenvalue weighted by Crippen LogP contribution is -2.30. The van der Waals surface area contributed by atoms with Gasteiger partial charge in [-0.25, -0.2) is 0 Å². The minimum atomic E-state index is -0.656. The van der Waals surface area contributed by atoms with Gasteiger partial charge in [-0.15, -0.1) is 0 Å². The monoisotopic (exact) mass is 335 g/mol. The Kier molecular flexibility index (Phi) is 4.63. The van der Waals surface area contributed by atoms with Crippen molar-refractivity contribution >= 4 is 27.5 Å². The van der Waals surface area contributed by atoms with Crippen molar-refractivity contribution in [3.05, 3.63) is 53.0 Å². The third-order valence-electron chi connectivity index (χ3n) is 2.62. The van der Waals surface area contributed by atoms with Crippen LogP contribution in [0.3, 0.4) is 0 Å². The fourth-order valence-electron chi connectivity index (χ4n) is 1.61. The van der Waals surface area contributed by atoms with Crippen molar-refractivity contribution in [1.29, 1.82) is 0 Å². The van der Waals surface area contributed by atoms with Gasteiger partial charge in [0, 0.05) is 11.8 Å². The number of aromatic hydroxyl groups is 1. The van der Waals surface area contributed by atoms with Gasteiger partial charge in [0.15, 0.2) is 6.10 Å². The molecule has 0 radical (unpaired) electrons. The van der Waals surface area contributed by atoms with Crippen LogP contribution in [0, 0.1) is 0 Å². The third-order valence-corrected chi connectivity index (χ3v) is 3.28. The summed E-state index contributed by atoms with van der Waals surface area (Å²) in [6, 6.07) is 13.7. The van der Waals surface area contributed by atoms with Crippen LogP contribution in [0.15, 0.2) is 53.0 Å². The SMILES string of the molecule is CC(Oc1ccccc1Br)C(=O)Nc1cccc(O)c1. The molecule has 2 aromatic rings. The molecule has 0 spiro atoms. The highest BCUT2D eigenvalue weighted by atomic mass is 79.9. The number of ether oxygens (including phenoxy) is 1. The topological polar surface area (TPSA) is 58.6 Å². The van der Waals surface area contributed by atoms with E-state index in [1.54, 1.807) is 25.1 Å². The largest absolute Gasteiger partial charge is 0.508 e. The lowest BCUT2D eigenvalue weighted by atomic mass is 10.2. The summed E-state index contributed by atoms with van der Waals surface area (Å²) in [6.07, 6.45) is -0.656. The third kappa shape index (κ3) is 3.74. The van der Waals surface area contributed by atoms with Crippen molar-refractivity contribution < 1.29 is 14.6 Å². The number of halogens is 1. The summed E-state index contributed by atoms with van der Waals surface area (Å²) in [4.78, 5) is 12.0. The zero-order valence-corrected chi connectivity index (χ0v) is 12.4. The Morgan fingerprint density at radius 3 is 2.70 bits per heavy atom. The molecule has 0 heterocycles. The first kappa shape index (κ1) is 14.4.